The van der Waals surface area contributed by atoms with Gasteiger partial charge >= 0.3 is 0 Å². The van der Waals surface area contributed by atoms with Crippen molar-refractivity contribution in [2.24, 2.45) is 17.8 Å². The van der Waals surface area contributed by atoms with E-state index in [9.17, 15) is 4.79 Å². The van der Waals surface area contributed by atoms with Crippen molar-refractivity contribution in [2.45, 2.75) is 25.8 Å². The van der Waals surface area contributed by atoms with E-state index in [0.29, 0.717) is 12.5 Å². The molecule has 18 heavy (non-hydrogen) atoms. The first kappa shape index (κ1) is 12.0. The van der Waals surface area contributed by atoms with Gasteiger partial charge in [-0.3, -0.25) is 4.79 Å². The van der Waals surface area contributed by atoms with Crippen LogP contribution in [0.5, 0.6) is 0 Å². The minimum atomic E-state index is 0.265. The summed E-state index contributed by atoms with van der Waals surface area (Å²) in [6.07, 6.45) is 3.57. The molecule has 2 aliphatic carbocycles. The zero-order valence-corrected chi connectivity index (χ0v) is 11.4. The highest BCUT2D eigenvalue weighted by Crippen LogP contribution is 2.54. The summed E-state index contributed by atoms with van der Waals surface area (Å²) >= 11 is 6.12. The maximum Gasteiger partial charge on any atom is 0.225 e. The molecule has 2 unspecified atom stereocenters. The van der Waals surface area contributed by atoms with Gasteiger partial charge < -0.3 is 4.90 Å². The number of carbonyl (C=O) groups excluding carboxylic acids is 1. The maximum atomic E-state index is 12.3. The van der Waals surface area contributed by atoms with Crippen LogP contribution in [0, 0.1) is 17.8 Å². The van der Waals surface area contributed by atoms with Gasteiger partial charge in [-0.05, 0) is 42.7 Å². The predicted molar refractivity (Wildman–Crippen MR) is 72.2 cm³/mol. The minimum Gasteiger partial charge on any atom is -0.341 e. The fourth-order valence-corrected chi connectivity index (χ4v) is 3.38. The molecule has 0 aromatic heterocycles. The van der Waals surface area contributed by atoms with E-state index in [1.54, 1.807) is 0 Å². The van der Waals surface area contributed by atoms with E-state index in [1.807, 2.05) is 36.2 Å². The number of hydrogen-bond acceptors (Lipinski definition) is 1. The van der Waals surface area contributed by atoms with E-state index < -0.39 is 0 Å². The Morgan fingerprint density at radius 2 is 1.94 bits per heavy atom. The zero-order chi connectivity index (χ0) is 12.7. The third kappa shape index (κ3) is 2.26. The smallest absolute Gasteiger partial charge is 0.225 e. The average Bonchev–Trinajstić information content (AvgIpc) is 2.98. The Labute approximate surface area is 113 Å². The standard InChI is InChI=1S/C15H18ClNO/c1-17(9-10-4-2-3-5-14(10)16)15(18)13-7-11-6-12(11)8-13/h2-5,11-13H,6-9H2,1H3. The van der Waals surface area contributed by atoms with Crippen molar-refractivity contribution in [2.75, 3.05) is 7.05 Å². The first-order chi connectivity index (χ1) is 8.65. The number of halogens is 1. The highest BCUT2D eigenvalue weighted by atomic mass is 35.5. The fourth-order valence-electron chi connectivity index (χ4n) is 3.19. The van der Waals surface area contributed by atoms with Crippen LogP contribution in [0.1, 0.15) is 24.8 Å². The zero-order valence-electron chi connectivity index (χ0n) is 10.6. The Balaban J connectivity index is 1.62. The Hall–Kier alpha value is -1.02. The van der Waals surface area contributed by atoms with Gasteiger partial charge in [-0.15, -0.1) is 0 Å². The molecule has 1 aromatic carbocycles. The number of rotatable bonds is 3. The van der Waals surface area contributed by atoms with E-state index in [2.05, 4.69) is 0 Å². The van der Waals surface area contributed by atoms with Crippen molar-refractivity contribution in [1.82, 2.24) is 4.90 Å². The Morgan fingerprint density at radius 3 is 2.61 bits per heavy atom. The first-order valence-electron chi connectivity index (χ1n) is 6.63. The second kappa shape index (κ2) is 4.58. The van der Waals surface area contributed by atoms with Gasteiger partial charge in [-0.1, -0.05) is 29.8 Å². The average molecular weight is 264 g/mol. The lowest BCUT2D eigenvalue weighted by atomic mass is 10.0. The second-order valence-corrected chi connectivity index (χ2v) is 6.12. The summed E-state index contributed by atoms with van der Waals surface area (Å²) < 4.78 is 0. The van der Waals surface area contributed by atoms with Gasteiger partial charge in [0.1, 0.15) is 0 Å². The van der Waals surface area contributed by atoms with E-state index >= 15 is 0 Å². The molecule has 2 saturated carbocycles. The van der Waals surface area contributed by atoms with Gasteiger partial charge in [0, 0.05) is 24.5 Å². The number of carbonyl (C=O) groups is 1. The van der Waals surface area contributed by atoms with Crippen LogP contribution in [0.25, 0.3) is 0 Å². The molecule has 2 fully saturated rings. The Morgan fingerprint density at radius 1 is 1.28 bits per heavy atom. The molecule has 96 valence electrons. The highest BCUT2D eigenvalue weighted by molar-refractivity contribution is 6.31. The van der Waals surface area contributed by atoms with Crippen LogP contribution in [0.15, 0.2) is 24.3 Å². The molecule has 0 heterocycles. The molecular weight excluding hydrogens is 246 g/mol. The molecule has 0 aliphatic heterocycles. The van der Waals surface area contributed by atoms with Crippen molar-refractivity contribution in [3.8, 4) is 0 Å². The number of amides is 1. The molecule has 3 rings (SSSR count). The summed E-state index contributed by atoms with van der Waals surface area (Å²) in [6.45, 7) is 0.615. The lowest BCUT2D eigenvalue weighted by molar-refractivity contribution is -0.134. The van der Waals surface area contributed by atoms with Gasteiger partial charge in [-0.25, -0.2) is 0 Å². The van der Waals surface area contributed by atoms with E-state index in [0.717, 1.165) is 35.3 Å². The largest absolute Gasteiger partial charge is 0.341 e. The second-order valence-electron chi connectivity index (χ2n) is 5.71. The third-order valence-corrected chi connectivity index (χ3v) is 4.70. The first-order valence-corrected chi connectivity index (χ1v) is 7.01. The summed E-state index contributed by atoms with van der Waals surface area (Å²) in [5.41, 5.74) is 1.03. The molecule has 2 aliphatic rings. The Kier molecular flexibility index (Phi) is 3.06. The summed E-state index contributed by atoms with van der Waals surface area (Å²) in [5, 5.41) is 0.742. The topological polar surface area (TPSA) is 20.3 Å². The van der Waals surface area contributed by atoms with Crippen molar-refractivity contribution in [1.29, 1.82) is 0 Å². The number of benzene rings is 1. The van der Waals surface area contributed by atoms with Crippen molar-refractivity contribution < 1.29 is 4.79 Å². The lowest BCUT2D eigenvalue weighted by Crippen LogP contribution is -2.32. The van der Waals surface area contributed by atoms with Crippen LogP contribution in [0.2, 0.25) is 5.02 Å². The molecule has 0 saturated heterocycles. The monoisotopic (exact) mass is 263 g/mol. The van der Waals surface area contributed by atoms with Crippen LogP contribution in [0.4, 0.5) is 0 Å². The summed E-state index contributed by atoms with van der Waals surface area (Å²) in [4.78, 5) is 14.1. The molecular formula is C15H18ClNO. The van der Waals surface area contributed by atoms with Gasteiger partial charge in [0.15, 0.2) is 0 Å². The maximum absolute atomic E-state index is 12.3. The van der Waals surface area contributed by atoms with Crippen LogP contribution in [0.3, 0.4) is 0 Å². The van der Waals surface area contributed by atoms with Crippen LogP contribution in [-0.2, 0) is 11.3 Å². The molecule has 0 spiro atoms. The fraction of sp³-hybridized carbons (Fsp3) is 0.533. The van der Waals surface area contributed by atoms with Crippen molar-refractivity contribution >= 4 is 17.5 Å². The van der Waals surface area contributed by atoms with E-state index in [-0.39, 0.29) is 5.92 Å². The molecule has 3 heteroatoms. The third-order valence-electron chi connectivity index (χ3n) is 4.33. The minimum absolute atomic E-state index is 0.265. The van der Waals surface area contributed by atoms with Crippen LogP contribution < -0.4 is 0 Å². The summed E-state index contributed by atoms with van der Waals surface area (Å²) in [5.74, 6) is 2.27. The molecule has 0 radical (unpaired) electrons. The van der Waals surface area contributed by atoms with E-state index in [4.69, 9.17) is 11.6 Å². The van der Waals surface area contributed by atoms with Crippen LogP contribution >= 0.6 is 11.6 Å². The highest BCUT2D eigenvalue weighted by Gasteiger charge is 2.48. The van der Waals surface area contributed by atoms with Crippen molar-refractivity contribution in [3.63, 3.8) is 0 Å². The summed E-state index contributed by atoms with van der Waals surface area (Å²) in [6, 6.07) is 7.74. The quantitative estimate of drug-likeness (QED) is 0.819. The molecule has 2 atom stereocenters. The van der Waals surface area contributed by atoms with Gasteiger partial charge in [0.05, 0.1) is 0 Å². The molecule has 0 bridgehead atoms. The van der Waals surface area contributed by atoms with Crippen molar-refractivity contribution in [3.05, 3.63) is 34.9 Å². The van der Waals surface area contributed by atoms with Gasteiger partial charge in [-0.2, -0.15) is 0 Å². The molecule has 1 aromatic rings. The number of nitrogens with zero attached hydrogens (tertiary/aromatic N) is 1. The number of fused-ring (bicyclic) bond motifs is 1. The normalized spacial score (nSPS) is 28.9. The predicted octanol–water partition coefficient (Wildman–Crippen LogP) is 3.34. The van der Waals surface area contributed by atoms with E-state index in [1.165, 1.54) is 6.42 Å². The molecule has 0 N–H and O–H groups in total. The van der Waals surface area contributed by atoms with Gasteiger partial charge in [0.2, 0.25) is 5.91 Å². The molecule has 2 nitrogen and oxygen atoms in total. The lowest BCUT2D eigenvalue weighted by Gasteiger charge is -2.22. The molecule has 1 amide bonds. The number of hydrogen-bond donors (Lipinski definition) is 0. The van der Waals surface area contributed by atoms with Crippen LogP contribution in [-0.4, -0.2) is 17.9 Å². The summed E-state index contributed by atoms with van der Waals surface area (Å²) in [7, 11) is 1.88. The Bertz CT molecular complexity index is 463. The van der Waals surface area contributed by atoms with Gasteiger partial charge in [0.25, 0.3) is 0 Å². The SMILES string of the molecule is CN(Cc1ccccc1Cl)C(=O)C1CC2CC2C1.